The Morgan fingerprint density at radius 1 is 1.13 bits per heavy atom. The molecule has 5 heteroatoms. The van der Waals surface area contributed by atoms with Crippen LogP contribution in [0, 0.1) is 5.82 Å². The standard InChI is InChI=1S/C18H20FN3O/c1-3-12-21-18(20-2)22-13-14-8-4-6-10-16(14)23-17-11-7-5-9-15(17)19/h3-11H,1,12-13H2,2H3,(H2,20,21,22). The fourth-order valence-electron chi connectivity index (χ4n) is 1.96. The summed E-state index contributed by atoms with van der Waals surface area (Å²) in [6, 6.07) is 13.8. The number of rotatable bonds is 6. The SMILES string of the molecule is C=CCNC(=NC)NCc1ccccc1Oc1ccccc1F. The Kier molecular flexibility index (Phi) is 6.17. The minimum absolute atomic E-state index is 0.203. The maximum atomic E-state index is 13.7. The zero-order valence-electron chi connectivity index (χ0n) is 13.1. The maximum Gasteiger partial charge on any atom is 0.191 e. The van der Waals surface area contributed by atoms with E-state index in [9.17, 15) is 4.39 Å². The van der Waals surface area contributed by atoms with E-state index in [4.69, 9.17) is 4.74 Å². The summed E-state index contributed by atoms with van der Waals surface area (Å²) >= 11 is 0. The highest BCUT2D eigenvalue weighted by atomic mass is 19.1. The molecule has 0 fully saturated rings. The molecule has 0 heterocycles. The van der Waals surface area contributed by atoms with Crippen molar-refractivity contribution in [2.24, 2.45) is 4.99 Å². The number of para-hydroxylation sites is 2. The molecule has 23 heavy (non-hydrogen) atoms. The zero-order valence-corrected chi connectivity index (χ0v) is 13.1. The fraction of sp³-hybridized carbons (Fsp3) is 0.167. The Morgan fingerprint density at radius 3 is 2.52 bits per heavy atom. The summed E-state index contributed by atoms with van der Waals surface area (Å²) in [6.45, 7) is 4.77. The summed E-state index contributed by atoms with van der Waals surface area (Å²) in [5, 5.41) is 6.27. The van der Waals surface area contributed by atoms with Crippen LogP contribution in [-0.4, -0.2) is 19.6 Å². The molecular weight excluding hydrogens is 293 g/mol. The van der Waals surface area contributed by atoms with Crippen LogP contribution in [-0.2, 0) is 6.54 Å². The first kappa shape index (κ1) is 16.5. The van der Waals surface area contributed by atoms with Gasteiger partial charge in [-0.25, -0.2) is 4.39 Å². The van der Waals surface area contributed by atoms with E-state index < -0.39 is 5.82 Å². The third-order valence-electron chi connectivity index (χ3n) is 3.11. The third kappa shape index (κ3) is 4.85. The molecule has 0 aliphatic heterocycles. The molecule has 2 rings (SSSR count). The second-order valence-corrected chi connectivity index (χ2v) is 4.74. The molecule has 2 N–H and O–H groups in total. The van der Waals surface area contributed by atoms with Gasteiger partial charge in [0.1, 0.15) is 5.75 Å². The normalized spacial score (nSPS) is 11.0. The maximum absolute atomic E-state index is 13.7. The van der Waals surface area contributed by atoms with Crippen molar-refractivity contribution in [1.82, 2.24) is 10.6 Å². The predicted octanol–water partition coefficient (Wildman–Crippen LogP) is 3.47. The van der Waals surface area contributed by atoms with Crippen molar-refractivity contribution in [2.75, 3.05) is 13.6 Å². The molecule has 0 aliphatic carbocycles. The van der Waals surface area contributed by atoms with Gasteiger partial charge in [0.15, 0.2) is 17.5 Å². The Labute approximate surface area is 135 Å². The second kappa shape index (κ2) is 8.58. The first-order valence-electron chi connectivity index (χ1n) is 7.30. The number of hydrogen-bond acceptors (Lipinski definition) is 2. The highest BCUT2D eigenvalue weighted by Crippen LogP contribution is 2.27. The number of nitrogens with one attached hydrogen (secondary N) is 2. The number of aliphatic imine (C=N–C) groups is 1. The lowest BCUT2D eigenvalue weighted by atomic mass is 10.2. The van der Waals surface area contributed by atoms with Gasteiger partial charge in [-0.15, -0.1) is 6.58 Å². The van der Waals surface area contributed by atoms with E-state index in [-0.39, 0.29) is 5.75 Å². The minimum Gasteiger partial charge on any atom is -0.454 e. The van der Waals surface area contributed by atoms with Gasteiger partial charge in [0.2, 0.25) is 0 Å². The lowest BCUT2D eigenvalue weighted by Crippen LogP contribution is -2.36. The number of ether oxygens (including phenoxy) is 1. The quantitative estimate of drug-likeness (QED) is 0.488. The van der Waals surface area contributed by atoms with Crippen molar-refractivity contribution >= 4 is 5.96 Å². The van der Waals surface area contributed by atoms with Crippen LogP contribution in [0.25, 0.3) is 0 Å². The monoisotopic (exact) mass is 313 g/mol. The largest absolute Gasteiger partial charge is 0.454 e. The fourth-order valence-corrected chi connectivity index (χ4v) is 1.96. The highest BCUT2D eigenvalue weighted by molar-refractivity contribution is 5.79. The summed E-state index contributed by atoms with van der Waals surface area (Å²) < 4.78 is 19.4. The van der Waals surface area contributed by atoms with Gasteiger partial charge in [-0.3, -0.25) is 4.99 Å². The number of guanidine groups is 1. The van der Waals surface area contributed by atoms with Crippen molar-refractivity contribution < 1.29 is 9.13 Å². The van der Waals surface area contributed by atoms with Crippen LogP contribution < -0.4 is 15.4 Å². The summed E-state index contributed by atoms with van der Waals surface area (Å²) in [5.41, 5.74) is 0.900. The summed E-state index contributed by atoms with van der Waals surface area (Å²) in [7, 11) is 1.69. The van der Waals surface area contributed by atoms with Gasteiger partial charge in [-0.1, -0.05) is 36.4 Å². The van der Waals surface area contributed by atoms with E-state index >= 15 is 0 Å². The Balaban J connectivity index is 2.08. The smallest absolute Gasteiger partial charge is 0.191 e. The topological polar surface area (TPSA) is 45.7 Å². The molecular formula is C18H20FN3O. The van der Waals surface area contributed by atoms with Crippen molar-refractivity contribution in [3.05, 3.63) is 72.6 Å². The van der Waals surface area contributed by atoms with Gasteiger partial charge in [0.05, 0.1) is 0 Å². The molecule has 2 aromatic rings. The van der Waals surface area contributed by atoms with E-state index in [1.54, 1.807) is 31.3 Å². The molecule has 2 aromatic carbocycles. The Morgan fingerprint density at radius 2 is 1.83 bits per heavy atom. The number of benzene rings is 2. The van der Waals surface area contributed by atoms with Gasteiger partial charge in [0.25, 0.3) is 0 Å². The van der Waals surface area contributed by atoms with Crippen LogP contribution in [0.1, 0.15) is 5.56 Å². The van der Waals surface area contributed by atoms with Crippen molar-refractivity contribution in [1.29, 1.82) is 0 Å². The van der Waals surface area contributed by atoms with Gasteiger partial charge in [0, 0.05) is 25.7 Å². The van der Waals surface area contributed by atoms with Gasteiger partial charge in [-0.05, 0) is 18.2 Å². The Hall–Kier alpha value is -2.82. The first-order valence-corrected chi connectivity index (χ1v) is 7.30. The van der Waals surface area contributed by atoms with Gasteiger partial charge < -0.3 is 15.4 Å². The average molecular weight is 313 g/mol. The molecule has 0 amide bonds. The molecule has 0 aliphatic rings. The van der Waals surface area contributed by atoms with Crippen molar-refractivity contribution in [2.45, 2.75) is 6.54 Å². The van der Waals surface area contributed by atoms with Crippen LogP contribution in [0.3, 0.4) is 0 Å². The van der Waals surface area contributed by atoms with Crippen molar-refractivity contribution in [3.8, 4) is 11.5 Å². The van der Waals surface area contributed by atoms with Gasteiger partial charge in [-0.2, -0.15) is 0 Å². The van der Waals surface area contributed by atoms with Gasteiger partial charge >= 0.3 is 0 Å². The molecule has 0 spiro atoms. The zero-order chi connectivity index (χ0) is 16.5. The minimum atomic E-state index is -0.390. The van der Waals surface area contributed by atoms with Crippen LogP contribution >= 0.6 is 0 Å². The van der Waals surface area contributed by atoms with Crippen LogP contribution in [0.15, 0.2) is 66.2 Å². The summed E-state index contributed by atoms with van der Waals surface area (Å²) in [6.07, 6.45) is 1.75. The lowest BCUT2D eigenvalue weighted by molar-refractivity contribution is 0.437. The molecule has 0 aromatic heterocycles. The number of nitrogens with zero attached hydrogens (tertiary/aromatic N) is 1. The molecule has 0 saturated heterocycles. The van der Waals surface area contributed by atoms with E-state index in [1.165, 1.54) is 6.07 Å². The molecule has 0 saturated carbocycles. The van der Waals surface area contributed by atoms with Crippen molar-refractivity contribution in [3.63, 3.8) is 0 Å². The highest BCUT2D eigenvalue weighted by Gasteiger charge is 2.08. The number of hydrogen-bond donors (Lipinski definition) is 2. The molecule has 0 atom stereocenters. The van der Waals surface area contributed by atoms with E-state index in [0.29, 0.717) is 24.8 Å². The lowest BCUT2D eigenvalue weighted by Gasteiger charge is -2.14. The first-order chi connectivity index (χ1) is 11.2. The number of halogens is 1. The Bertz CT molecular complexity index is 685. The summed E-state index contributed by atoms with van der Waals surface area (Å²) in [5.74, 6) is 1.07. The molecule has 0 bridgehead atoms. The second-order valence-electron chi connectivity index (χ2n) is 4.74. The predicted molar refractivity (Wildman–Crippen MR) is 91.3 cm³/mol. The van der Waals surface area contributed by atoms with E-state index in [0.717, 1.165) is 5.56 Å². The van der Waals surface area contributed by atoms with Crippen LogP contribution in [0.5, 0.6) is 11.5 Å². The third-order valence-corrected chi connectivity index (χ3v) is 3.11. The summed E-state index contributed by atoms with van der Waals surface area (Å²) in [4.78, 5) is 4.11. The van der Waals surface area contributed by atoms with Crippen LogP contribution in [0.4, 0.5) is 4.39 Å². The van der Waals surface area contributed by atoms with E-state index in [1.807, 2.05) is 24.3 Å². The molecule has 120 valence electrons. The van der Waals surface area contributed by atoms with E-state index in [2.05, 4.69) is 22.2 Å². The van der Waals surface area contributed by atoms with Crippen LogP contribution in [0.2, 0.25) is 0 Å². The average Bonchev–Trinajstić information content (AvgIpc) is 2.58. The molecule has 4 nitrogen and oxygen atoms in total. The molecule has 0 radical (unpaired) electrons. The molecule has 0 unspecified atom stereocenters.